The maximum absolute atomic E-state index is 10.2. The van der Waals surface area contributed by atoms with E-state index in [-0.39, 0.29) is 0 Å². The number of allylic oxidation sites excluding steroid dienone is 1. The van der Waals surface area contributed by atoms with Crippen molar-refractivity contribution < 1.29 is 9.90 Å². The molecule has 0 aliphatic heterocycles. The van der Waals surface area contributed by atoms with Gasteiger partial charge in [0.05, 0.1) is 0 Å². The first-order chi connectivity index (χ1) is 4.54. The van der Waals surface area contributed by atoms with Gasteiger partial charge in [-0.25, -0.2) is 0 Å². The lowest BCUT2D eigenvalue weighted by atomic mass is 10.2. The summed E-state index contributed by atoms with van der Waals surface area (Å²) in [7, 11) is 0. The molecule has 3 N–H and O–H groups in total. The van der Waals surface area contributed by atoms with E-state index in [4.69, 9.17) is 10.8 Å². The zero-order chi connectivity index (χ0) is 8.15. The predicted octanol–water partition coefficient (Wildman–Crippen LogP) is 0.755. The maximum Gasteiger partial charge on any atom is 0.320 e. The Morgan fingerprint density at radius 3 is 2.50 bits per heavy atom. The molecule has 0 saturated carbocycles. The second kappa shape index (κ2) is 4.06. The fourth-order valence-electron chi connectivity index (χ4n) is 0.463. The normalized spacial score (nSPS) is 12.3. The van der Waals surface area contributed by atoms with Gasteiger partial charge < -0.3 is 10.8 Å². The summed E-state index contributed by atoms with van der Waals surface area (Å²) in [6, 6.07) is -0.755. The van der Waals surface area contributed by atoms with Gasteiger partial charge >= 0.3 is 5.97 Å². The first kappa shape index (κ1) is 9.17. The lowest BCUT2D eigenvalue weighted by Gasteiger charge is -2.00. The van der Waals surface area contributed by atoms with Crippen molar-refractivity contribution in [2.24, 2.45) is 5.73 Å². The number of hydrogen-bond acceptors (Lipinski definition) is 2. The Balaban J connectivity index is 3.70. The van der Waals surface area contributed by atoms with Crippen LogP contribution in [0.15, 0.2) is 11.6 Å². The third-order valence-corrected chi connectivity index (χ3v) is 1.10. The minimum absolute atomic E-state index is 0.414. The molecule has 3 nitrogen and oxygen atoms in total. The molecule has 0 spiro atoms. The van der Waals surface area contributed by atoms with Gasteiger partial charge in [0.25, 0.3) is 0 Å². The highest BCUT2D eigenvalue weighted by Crippen LogP contribution is 1.95. The first-order valence-electron chi connectivity index (χ1n) is 3.15. The van der Waals surface area contributed by atoms with E-state index in [9.17, 15) is 4.79 Å². The van der Waals surface area contributed by atoms with Crippen molar-refractivity contribution >= 4 is 5.97 Å². The molecule has 0 aliphatic carbocycles. The summed E-state index contributed by atoms with van der Waals surface area (Å²) >= 11 is 0. The van der Waals surface area contributed by atoms with Crippen LogP contribution < -0.4 is 5.73 Å². The SMILES string of the molecule is CC(C)=CC[C@H](N)C(=O)O. The zero-order valence-electron chi connectivity index (χ0n) is 6.29. The van der Waals surface area contributed by atoms with Gasteiger partial charge in [-0.05, 0) is 20.3 Å². The van der Waals surface area contributed by atoms with Crippen LogP contribution in [0.2, 0.25) is 0 Å². The van der Waals surface area contributed by atoms with Gasteiger partial charge in [0.2, 0.25) is 0 Å². The third kappa shape index (κ3) is 4.09. The van der Waals surface area contributed by atoms with Crippen LogP contribution in [0, 0.1) is 0 Å². The Bertz CT molecular complexity index is 148. The predicted molar refractivity (Wildman–Crippen MR) is 39.7 cm³/mol. The molecule has 0 bridgehead atoms. The van der Waals surface area contributed by atoms with E-state index in [2.05, 4.69) is 0 Å². The van der Waals surface area contributed by atoms with Crippen molar-refractivity contribution in [3.8, 4) is 0 Å². The highest BCUT2D eigenvalue weighted by Gasteiger charge is 2.07. The van der Waals surface area contributed by atoms with E-state index >= 15 is 0 Å². The van der Waals surface area contributed by atoms with Crippen LogP contribution in [0.1, 0.15) is 20.3 Å². The van der Waals surface area contributed by atoms with Gasteiger partial charge in [-0.2, -0.15) is 0 Å². The fourth-order valence-corrected chi connectivity index (χ4v) is 0.463. The molecule has 0 heterocycles. The Labute approximate surface area is 60.5 Å². The maximum atomic E-state index is 10.2. The van der Waals surface area contributed by atoms with Crippen LogP contribution in [-0.4, -0.2) is 17.1 Å². The summed E-state index contributed by atoms with van der Waals surface area (Å²) in [4.78, 5) is 10.2. The summed E-state index contributed by atoms with van der Waals surface area (Å²) in [6.07, 6.45) is 2.23. The van der Waals surface area contributed by atoms with Gasteiger partial charge in [0.1, 0.15) is 6.04 Å². The zero-order valence-corrected chi connectivity index (χ0v) is 6.29. The van der Waals surface area contributed by atoms with Crippen LogP contribution in [0.3, 0.4) is 0 Å². The minimum Gasteiger partial charge on any atom is -0.480 e. The molecule has 0 radical (unpaired) electrons. The minimum atomic E-state index is -0.947. The van der Waals surface area contributed by atoms with Gasteiger partial charge in [0.15, 0.2) is 0 Å². The van der Waals surface area contributed by atoms with E-state index in [1.54, 1.807) is 0 Å². The van der Waals surface area contributed by atoms with Crippen LogP contribution in [0.4, 0.5) is 0 Å². The van der Waals surface area contributed by atoms with E-state index < -0.39 is 12.0 Å². The van der Waals surface area contributed by atoms with Crippen molar-refractivity contribution in [2.75, 3.05) is 0 Å². The van der Waals surface area contributed by atoms with E-state index in [0.29, 0.717) is 6.42 Å². The lowest BCUT2D eigenvalue weighted by Crippen LogP contribution is -2.29. The molecule has 0 aliphatic rings. The lowest BCUT2D eigenvalue weighted by molar-refractivity contribution is -0.138. The van der Waals surface area contributed by atoms with Crippen LogP contribution in [-0.2, 0) is 4.79 Å². The molecule has 0 rings (SSSR count). The molecule has 0 aromatic heterocycles. The van der Waals surface area contributed by atoms with Gasteiger partial charge in [-0.1, -0.05) is 11.6 Å². The molecule has 0 aromatic carbocycles. The number of aliphatic carboxylic acids is 1. The van der Waals surface area contributed by atoms with Gasteiger partial charge in [-0.3, -0.25) is 4.79 Å². The Hall–Kier alpha value is -0.830. The van der Waals surface area contributed by atoms with Crippen molar-refractivity contribution in [3.05, 3.63) is 11.6 Å². The van der Waals surface area contributed by atoms with Crippen molar-refractivity contribution in [2.45, 2.75) is 26.3 Å². The quantitative estimate of drug-likeness (QED) is 0.573. The van der Waals surface area contributed by atoms with Crippen LogP contribution in [0.5, 0.6) is 0 Å². The summed E-state index contributed by atoms with van der Waals surface area (Å²) in [5.74, 6) is -0.947. The van der Waals surface area contributed by atoms with Crippen LogP contribution in [0.25, 0.3) is 0 Å². The summed E-state index contributed by atoms with van der Waals surface area (Å²) in [6.45, 7) is 3.82. The molecule has 0 unspecified atom stereocenters. The first-order valence-corrected chi connectivity index (χ1v) is 3.15. The number of hydrogen-bond donors (Lipinski definition) is 2. The molecular weight excluding hydrogens is 130 g/mol. The highest BCUT2D eigenvalue weighted by atomic mass is 16.4. The topological polar surface area (TPSA) is 63.3 Å². The number of carbonyl (C=O) groups is 1. The van der Waals surface area contributed by atoms with Gasteiger partial charge in [-0.15, -0.1) is 0 Å². The molecule has 3 heteroatoms. The van der Waals surface area contributed by atoms with E-state index in [0.717, 1.165) is 5.57 Å². The fraction of sp³-hybridized carbons (Fsp3) is 0.571. The largest absolute Gasteiger partial charge is 0.480 e. The van der Waals surface area contributed by atoms with Crippen molar-refractivity contribution in [1.29, 1.82) is 0 Å². The molecule has 0 fully saturated rings. The number of nitrogens with two attached hydrogens (primary N) is 1. The number of carboxylic acid groups (broad SMARTS) is 1. The van der Waals surface area contributed by atoms with E-state index in [1.165, 1.54) is 0 Å². The molecule has 0 saturated heterocycles. The van der Waals surface area contributed by atoms with Gasteiger partial charge in [0, 0.05) is 0 Å². The number of carboxylic acids is 1. The Kier molecular flexibility index (Phi) is 3.72. The van der Waals surface area contributed by atoms with Crippen molar-refractivity contribution in [3.63, 3.8) is 0 Å². The monoisotopic (exact) mass is 143 g/mol. The Morgan fingerprint density at radius 2 is 2.20 bits per heavy atom. The van der Waals surface area contributed by atoms with Crippen molar-refractivity contribution in [1.82, 2.24) is 0 Å². The summed E-state index contributed by atoms with van der Waals surface area (Å²) < 4.78 is 0. The molecule has 1 atom stereocenters. The van der Waals surface area contributed by atoms with E-state index in [1.807, 2.05) is 19.9 Å². The summed E-state index contributed by atoms with van der Waals surface area (Å²) in [5, 5.41) is 8.34. The average Bonchev–Trinajstić information content (AvgIpc) is 1.82. The standard InChI is InChI=1S/C7H13NO2/c1-5(2)3-4-6(8)7(9)10/h3,6H,4,8H2,1-2H3,(H,9,10)/t6-/m0/s1. The second-order valence-electron chi connectivity index (χ2n) is 2.46. The molecular formula is C7H13NO2. The molecule has 0 aromatic rings. The van der Waals surface area contributed by atoms with Crippen LogP contribution >= 0.6 is 0 Å². The molecule has 10 heavy (non-hydrogen) atoms. The molecule has 0 amide bonds. The second-order valence-corrected chi connectivity index (χ2v) is 2.46. The number of rotatable bonds is 3. The average molecular weight is 143 g/mol. The smallest absolute Gasteiger partial charge is 0.320 e. The molecule has 58 valence electrons. The highest BCUT2D eigenvalue weighted by molar-refractivity contribution is 5.73. The Morgan fingerprint density at radius 1 is 1.70 bits per heavy atom. The third-order valence-electron chi connectivity index (χ3n) is 1.10. The summed E-state index contributed by atoms with van der Waals surface area (Å²) in [5.41, 5.74) is 6.31.